The molecule has 1 aliphatic carbocycles. The Morgan fingerprint density at radius 2 is 2.00 bits per heavy atom. The summed E-state index contributed by atoms with van der Waals surface area (Å²) in [5, 5.41) is 0. The van der Waals surface area contributed by atoms with Crippen LogP contribution in [0, 0.1) is 23.6 Å². The SMILES string of the molecule is CC(C)(C)OC(=O)N1CCC2C(C1)CC(C)(OC(N)=O)[C@H]2/C=C/c1ccc(-c2cccc(F)c2)cn1. The summed E-state index contributed by atoms with van der Waals surface area (Å²) in [6.07, 6.45) is 5.91. The number of hydrogen-bond donors (Lipinski definition) is 1. The normalized spacial score (nSPS) is 26.0. The number of carbonyl (C=O) groups is 2. The summed E-state index contributed by atoms with van der Waals surface area (Å²) in [4.78, 5) is 30.7. The number of rotatable bonds is 4. The van der Waals surface area contributed by atoms with E-state index in [2.05, 4.69) is 4.98 Å². The number of primary amides is 1. The molecule has 1 saturated carbocycles. The maximum atomic E-state index is 13.6. The van der Waals surface area contributed by atoms with Gasteiger partial charge in [0, 0.05) is 30.8 Å². The molecule has 1 aliphatic heterocycles. The second-order valence-electron chi connectivity index (χ2n) is 10.9. The first-order chi connectivity index (χ1) is 16.9. The summed E-state index contributed by atoms with van der Waals surface area (Å²) in [6, 6.07) is 10.2. The number of fused-ring (bicyclic) bond motifs is 1. The zero-order valence-electron chi connectivity index (χ0n) is 21.2. The smallest absolute Gasteiger partial charge is 0.410 e. The fraction of sp³-hybridized carbons (Fsp3) is 0.464. The van der Waals surface area contributed by atoms with Gasteiger partial charge in [-0.3, -0.25) is 4.98 Å². The van der Waals surface area contributed by atoms with Gasteiger partial charge in [-0.15, -0.1) is 0 Å². The third-order valence-corrected chi connectivity index (χ3v) is 7.03. The quantitative estimate of drug-likeness (QED) is 0.592. The summed E-state index contributed by atoms with van der Waals surface area (Å²) < 4.78 is 24.8. The minimum atomic E-state index is -0.809. The van der Waals surface area contributed by atoms with Crippen LogP contribution in [0.5, 0.6) is 0 Å². The van der Waals surface area contributed by atoms with Crippen LogP contribution in [0.3, 0.4) is 0 Å². The van der Waals surface area contributed by atoms with Gasteiger partial charge in [0.25, 0.3) is 0 Å². The Hall–Kier alpha value is -3.42. The van der Waals surface area contributed by atoms with E-state index in [1.807, 2.05) is 58.0 Å². The molecule has 8 heteroatoms. The Bertz CT molecular complexity index is 1140. The van der Waals surface area contributed by atoms with E-state index in [0.717, 1.165) is 23.2 Å². The van der Waals surface area contributed by atoms with Crippen molar-refractivity contribution in [2.45, 2.75) is 51.7 Å². The Morgan fingerprint density at radius 1 is 1.22 bits per heavy atom. The van der Waals surface area contributed by atoms with Crippen LogP contribution in [0.2, 0.25) is 0 Å². The number of likely N-dealkylation sites (tertiary alicyclic amines) is 1. The lowest BCUT2D eigenvalue weighted by atomic mass is 9.81. The second kappa shape index (κ2) is 9.91. The van der Waals surface area contributed by atoms with Crippen molar-refractivity contribution in [3.05, 3.63) is 60.2 Å². The van der Waals surface area contributed by atoms with Crippen LogP contribution in [0.1, 0.15) is 46.2 Å². The van der Waals surface area contributed by atoms with Crippen LogP contribution in [0.25, 0.3) is 17.2 Å². The lowest BCUT2D eigenvalue weighted by Crippen LogP contribution is -2.45. The number of piperidine rings is 1. The molecule has 7 nitrogen and oxygen atoms in total. The van der Waals surface area contributed by atoms with Gasteiger partial charge in [0.05, 0.1) is 5.69 Å². The number of hydrogen-bond acceptors (Lipinski definition) is 5. The van der Waals surface area contributed by atoms with Gasteiger partial charge in [0.2, 0.25) is 0 Å². The highest BCUT2D eigenvalue weighted by atomic mass is 19.1. The van der Waals surface area contributed by atoms with Gasteiger partial charge in [-0.05, 0) is 82.2 Å². The predicted octanol–water partition coefficient (Wildman–Crippen LogP) is 5.65. The highest BCUT2D eigenvalue weighted by Crippen LogP contribution is 2.51. The number of carbonyl (C=O) groups excluding carboxylic acids is 2. The molecule has 0 bridgehead atoms. The van der Waals surface area contributed by atoms with E-state index in [-0.39, 0.29) is 29.7 Å². The molecule has 36 heavy (non-hydrogen) atoms. The van der Waals surface area contributed by atoms with E-state index in [4.69, 9.17) is 15.2 Å². The number of halogens is 1. The average Bonchev–Trinajstić information content (AvgIpc) is 3.06. The van der Waals surface area contributed by atoms with Gasteiger partial charge in [0.1, 0.15) is 17.0 Å². The van der Waals surface area contributed by atoms with Crippen LogP contribution in [-0.4, -0.2) is 46.4 Å². The maximum absolute atomic E-state index is 13.6. The van der Waals surface area contributed by atoms with Gasteiger partial charge >= 0.3 is 12.2 Å². The largest absolute Gasteiger partial charge is 0.444 e. The number of ether oxygens (including phenoxy) is 2. The highest BCUT2D eigenvalue weighted by molar-refractivity contribution is 5.68. The predicted molar refractivity (Wildman–Crippen MR) is 135 cm³/mol. The number of nitrogens with zero attached hydrogens (tertiary/aromatic N) is 2. The Kier molecular flexibility index (Phi) is 7.07. The summed E-state index contributed by atoms with van der Waals surface area (Å²) in [5.74, 6) is -0.0105. The van der Waals surface area contributed by atoms with Gasteiger partial charge in [0.15, 0.2) is 0 Å². The Labute approximate surface area is 211 Å². The van der Waals surface area contributed by atoms with Crippen molar-refractivity contribution in [2.75, 3.05) is 13.1 Å². The van der Waals surface area contributed by atoms with Crippen LogP contribution in [0.4, 0.5) is 14.0 Å². The number of aromatic nitrogens is 1. The van der Waals surface area contributed by atoms with Gasteiger partial charge in [-0.1, -0.05) is 24.3 Å². The fourth-order valence-corrected chi connectivity index (χ4v) is 5.57. The molecule has 2 heterocycles. The molecule has 1 aromatic carbocycles. The van der Waals surface area contributed by atoms with Gasteiger partial charge in [-0.25, -0.2) is 14.0 Å². The zero-order chi connectivity index (χ0) is 26.1. The number of nitrogens with two attached hydrogens (primary N) is 1. The van der Waals surface area contributed by atoms with Crippen LogP contribution in [-0.2, 0) is 9.47 Å². The molecule has 1 aromatic heterocycles. The number of benzene rings is 1. The average molecular weight is 496 g/mol. The van der Waals surface area contributed by atoms with Gasteiger partial charge in [-0.2, -0.15) is 0 Å². The van der Waals surface area contributed by atoms with Crippen molar-refractivity contribution in [2.24, 2.45) is 23.5 Å². The van der Waals surface area contributed by atoms with E-state index < -0.39 is 17.3 Å². The zero-order valence-corrected chi connectivity index (χ0v) is 21.2. The van der Waals surface area contributed by atoms with Crippen molar-refractivity contribution >= 4 is 18.3 Å². The molecule has 3 unspecified atom stereocenters. The molecule has 2 amide bonds. The number of pyridine rings is 1. The third kappa shape index (κ3) is 5.86. The maximum Gasteiger partial charge on any atom is 0.410 e. The van der Waals surface area contributed by atoms with E-state index in [1.54, 1.807) is 17.2 Å². The first kappa shape index (κ1) is 25.7. The molecular formula is C28H34FN3O4. The minimum absolute atomic E-state index is 0.0829. The van der Waals surface area contributed by atoms with Crippen LogP contribution in [0.15, 0.2) is 48.7 Å². The minimum Gasteiger partial charge on any atom is -0.444 e. The third-order valence-electron chi connectivity index (χ3n) is 7.03. The van der Waals surface area contributed by atoms with E-state index in [0.29, 0.717) is 19.5 Å². The van der Waals surface area contributed by atoms with Crippen LogP contribution >= 0.6 is 0 Å². The summed E-state index contributed by atoms with van der Waals surface area (Å²) in [5.41, 5.74) is 6.41. The van der Waals surface area contributed by atoms with Crippen molar-refractivity contribution in [3.63, 3.8) is 0 Å². The van der Waals surface area contributed by atoms with Crippen molar-refractivity contribution in [1.82, 2.24) is 9.88 Å². The molecule has 192 valence electrons. The standard InChI is InChI=1S/C28H34FN3O4/c1-27(2,3)36-26(34)32-13-12-23-20(17-32)15-28(4,35-25(30)33)24(23)11-10-22-9-8-19(16-31-22)18-6-5-7-21(29)14-18/h5-11,14,16,20,23-24H,12-13,15,17H2,1-4H3,(H2,30,33)/b11-10+/t20?,23?,24-,28?/m0/s1. The summed E-state index contributed by atoms with van der Waals surface area (Å²) in [7, 11) is 0. The Balaban J connectivity index is 1.51. The molecular weight excluding hydrogens is 461 g/mol. The molecule has 0 radical (unpaired) electrons. The fourth-order valence-electron chi connectivity index (χ4n) is 5.57. The topological polar surface area (TPSA) is 94.7 Å². The molecule has 4 rings (SSSR count). The Morgan fingerprint density at radius 3 is 2.64 bits per heavy atom. The molecule has 1 saturated heterocycles. The van der Waals surface area contributed by atoms with E-state index in [1.165, 1.54) is 12.1 Å². The summed E-state index contributed by atoms with van der Waals surface area (Å²) in [6.45, 7) is 8.58. The molecule has 2 aliphatic rings. The van der Waals surface area contributed by atoms with Crippen molar-refractivity contribution in [3.8, 4) is 11.1 Å². The molecule has 2 fully saturated rings. The van der Waals surface area contributed by atoms with E-state index in [9.17, 15) is 14.0 Å². The molecule has 2 N–H and O–H groups in total. The lowest BCUT2D eigenvalue weighted by Gasteiger charge is -2.37. The molecule has 0 spiro atoms. The highest BCUT2D eigenvalue weighted by Gasteiger charge is 2.54. The first-order valence-corrected chi connectivity index (χ1v) is 12.3. The van der Waals surface area contributed by atoms with Gasteiger partial charge < -0.3 is 20.1 Å². The van der Waals surface area contributed by atoms with Crippen molar-refractivity contribution in [1.29, 1.82) is 0 Å². The molecule has 4 atom stereocenters. The second-order valence-corrected chi connectivity index (χ2v) is 10.9. The monoisotopic (exact) mass is 495 g/mol. The lowest BCUT2D eigenvalue weighted by molar-refractivity contribution is 0.00813. The van der Waals surface area contributed by atoms with E-state index >= 15 is 0 Å². The molecule has 2 aromatic rings. The van der Waals surface area contributed by atoms with Crippen molar-refractivity contribution < 1.29 is 23.5 Å². The number of amides is 2. The summed E-state index contributed by atoms with van der Waals surface area (Å²) >= 11 is 0. The van der Waals surface area contributed by atoms with Crippen LogP contribution < -0.4 is 5.73 Å². The first-order valence-electron chi connectivity index (χ1n) is 12.3.